The molecule has 0 bridgehead atoms. The fraction of sp³-hybridized carbons (Fsp3) is 0.429. The topological polar surface area (TPSA) is 84.9 Å². The number of ether oxygens (including phenoxy) is 2. The zero-order chi connectivity index (χ0) is 14.5. The van der Waals surface area contributed by atoms with E-state index < -0.39 is 5.97 Å². The van der Waals surface area contributed by atoms with Crippen molar-refractivity contribution in [3.05, 3.63) is 23.8 Å². The minimum Gasteiger partial charge on any atom is -0.497 e. The zero-order valence-electron chi connectivity index (χ0n) is 11.2. The summed E-state index contributed by atoms with van der Waals surface area (Å²) in [6, 6.07) is 5.49. The Balaban J connectivity index is 1.95. The highest BCUT2D eigenvalue weighted by Gasteiger charge is 2.26. The molecule has 1 unspecified atom stereocenters. The van der Waals surface area contributed by atoms with Crippen LogP contribution in [0.3, 0.4) is 0 Å². The van der Waals surface area contributed by atoms with Gasteiger partial charge in [0.2, 0.25) is 5.91 Å². The Hall–Kier alpha value is -2.24. The van der Waals surface area contributed by atoms with Gasteiger partial charge in [-0.05, 0) is 30.2 Å². The second-order valence-corrected chi connectivity index (χ2v) is 4.62. The van der Waals surface area contributed by atoms with Gasteiger partial charge < -0.3 is 19.9 Å². The Bertz CT molecular complexity index is 514. The van der Waals surface area contributed by atoms with Crippen LogP contribution in [0.5, 0.6) is 11.5 Å². The first-order chi connectivity index (χ1) is 9.60. The molecule has 0 saturated carbocycles. The molecular weight excluding hydrogens is 262 g/mol. The van der Waals surface area contributed by atoms with Gasteiger partial charge in [0.15, 0.2) is 0 Å². The average Bonchev–Trinajstić information content (AvgIpc) is 2.45. The van der Waals surface area contributed by atoms with E-state index in [1.54, 1.807) is 7.11 Å². The summed E-state index contributed by atoms with van der Waals surface area (Å²) in [5.41, 5.74) is 0.925. The number of hydrogen-bond donors (Lipinski definition) is 2. The van der Waals surface area contributed by atoms with Crippen molar-refractivity contribution in [1.82, 2.24) is 5.32 Å². The number of hydrogen-bond acceptors (Lipinski definition) is 4. The lowest BCUT2D eigenvalue weighted by molar-refractivity contribution is -0.137. The average molecular weight is 279 g/mol. The Morgan fingerprint density at radius 1 is 1.50 bits per heavy atom. The molecule has 1 amide bonds. The molecular formula is C14H17NO5. The summed E-state index contributed by atoms with van der Waals surface area (Å²) < 4.78 is 10.7. The van der Waals surface area contributed by atoms with Crippen LogP contribution in [0.25, 0.3) is 0 Å². The number of nitrogens with one attached hydrogen (secondary N) is 1. The fourth-order valence-corrected chi connectivity index (χ4v) is 2.10. The Morgan fingerprint density at radius 2 is 2.30 bits per heavy atom. The summed E-state index contributed by atoms with van der Waals surface area (Å²) in [7, 11) is 1.58. The van der Waals surface area contributed by atoms with E-state index in [2.05, 4.69) is 5.32 Å². The van der Waals surface area contributed by atoms with E-state index in [0.717, 1.165) is 17.1 Å². The Morgan fingerprint density at radius 3 is 3.00 bits per heavy atom. The van der Waals surface area contributed by atoms with Crippen LogP contribution in [0.4, 0.5) is 0 Å². The van der Waals surface area contributed by atoms with Crippen LogP contribution in [0, 0.1) is 5.92 Å². The van der Waals surface area contributed by atoms with Crippen molar-refractivity contribution in [1.29, 1.82) is 0 Å². The molecule has 2 rings (SSSR count). The Kier molecular flexibility index (Phi) is 4.45. The maximum atomic E-state index is 11.9. The van der Waals surface area contributed by atoms with Crippen LogP contribution in [0.2, 0.25) is 0 Å². The summed E-state index contributed by atoms with van der Waals surface area (Å²) in [6.45, 7) is 0.438. The quantitative estimate of drug-likeness (QED) is 0.834. The van der Waals surface area contributed by atoms with E-state index >= 15 is 0 Å². The smallest absolute Gasteiger partial charge is 0.305 e. The number of carboxylic acids is 1. The van der Waals surface area contributed by atoms with Gasteiger partial charge in [-0.25, -0.2) is 0 Å². The molecule has 0 radical (unpaired) electrons. The third-order valence-corrected chi connectivity index (χ3v) is 3.18. The lowest BCUT2D eigenvalue weighted by Crippen LogP contribution is -2.38. The number of carbonyl (C=O) groups excluding carboxylic acids is 1. The molecule has 0 saturated heterocycles. The molecule has 108 valence electrons. The molecule has 0 aliphatic carbocycles. The second-order valence-electron chi connectivity index (χ2n) is 4.62. The monoisotopic (exact) mass is 279 g/mol. The largest absolute Gasteiger partial charge is 0.497 e. The van der Waals surface area contributed by atoms with Gasteiger partial charge in [0.05, 0.1) is 19.4 Å². The second kappa shape index (κ2) is 6.27. The van der Waals surface area contributed by atoms with Crippen molar-refractivity contribution in [3.8, 4) is 11.5 Å². The van der Waals surface area contributed by atoms with Crippen LogP contribution in [-0.4, -0.2) is 37.2 Å². The Labute approximate surface area is 116 Å². The van der Waals surface area contributed by atoms with E-state index in [4.69, 9.17) is 14.6 Å². The lowest BCUT2D eigenvalue weighted by atomic mass is 9.96. The first-order valence-corrected chi connectivity index (χ1v) is 6.39. The molecule has 6 heteroatoms. The molecule has 20 heavy (non-hydrogen) atoms. The summed E-state index contributed by atoms with van der Waals surface area (Å²) in [5, 5.41) is 11.1. The minimum atomic E-state index is -0.930. The van der Waals surface area contributed by atoms with Crippen molar-refractivity contribution in [2.24, 2.45) is 5.92 Å². The van der Waals surface area contributed by atoms with E-state index in [1.807, 2.05) is 18.2 Å². The SMILES string of the molecule is COc1ccc2c(c1)CC(C(=O)NCCC(=O)O)CO2. The fourth-order valence-electron chi connectivity index (χ4n) is 2.10. The standard InChI is InChI=1S/C14H17NO5/c1-19-11-2-3-12-9(7-11)6-10(8-20-12)14(18)15-5-4-13(16)17/h2-3,7,10H,4-6,8H2,1H3,(H,15,18)(H,16,17). The van der Waals surface area contributed by atoms with Crippen LogP contribution >= 0.6 is 0 Å². The number of rotatable bonds is 5. The number of amides is 1. The molecule has 1 atom stereocenters. The number of methoxy groups -OCH3 is 1. The van der Waals surface area contributed by atoms with Gasteiger partial charge in [0.25, 0.3) is 0 Å². The van der Waals surface area contributed by atoms with Crippen molar-refractivity contribution in [2.45, 2.75) is 12.8 Å². The maximum absolute atomic E-state index is 11.9. The summed E-state index contributed by atoms with van der Waals surface area (Å²) in [6.07, 6.45) is 0.481. The first kappa shape index (κ1) is 14.2. The molecule has 0 aromatic heterocycles. The maximum Gasteiger partial charge on any atom is 0.305 e. The molecule has 6 nitrogen and oxygen atoms in total. The molecule has 1 aromatic carbocycles. The van der Waals surface area contributed by atoms with Crippen LogP contribution in [-0.2, 0) is 16.0 Å². The molecule has 1 heterocycles. The summed E-state index contributed by atoms with van der Waals surface area (Å²) in [4.78, 5) is 22.3. The highest BCUT2D eigenvalue weighted by molar-refractivity contribution is 5.80. The first-order valence-electron chi connectivity index (χ1n) is 6.39. The van der Waals surface area contributed by atoms with E-state index in [0.29, 0.717) is 13.0 Å². The summed E-state index contributed by atoms with van der Waals surface area (Å²) >= 11 is 0. The van der Waals surface area contributed by atoms with Crippen molar-refractivity contribution in [3.63, 3.8) is 0 Å². The zero-order valence-corrected chi connectivity index (χ0v) is 11.2. The van der Waals surface area contributed by atoms with Crippen molar-refractivity contribution >= 4 is 11.9 Å². The van der Waals surface area contributed by atoms with E-state index in [-0.39, 0.29) is 24.8 Å². The van der Waals surface area contributed by atoms with Crippen molar-refractivity contribution in [2.75, 3.05) is 20.3 Å². The van der Waals surface area contributed by atoms with E-state index in [1.165, 1.54) is 0 Å². The molecule has 0 spiro atoms. The van der Waals surface area contributed by atoms with Crippen LogP contribution < -0.4 is 14.8 Å². The lowest BCUT2D eigenvalue weighted by Gasteiger charge is -2.24. The van der Waals surface area contributed by atoms with Gasteiger partial charge in [0, 0.05) is 6.54 Å². The number of fused-ring (bicyclic) bond motifs is 1. The molecule has 0 fully saturated rings. The summed E-state index contributed by atoms with van der Waals surface area (Å²) in [5.74, 6) is 0.0723. The highest BCUT2D eigenvalue weighted by Crippen LogP contribution is 2.30. The van der Waals surface area contributed by atoms with E-state index in [9.17, 15) is 9.59 Å². The predicted octanol–water partition coefficient (Wildman–Crippen LogP) is 0.837. The molecule has 1 aliphatic heterocycles. The molecule has 1 aliphatic rings. The van der Waals surface area contributed by atoms with Gasteiger partial charge in [-0.1, -0.05) is 0 Å². The predicted molar refractivity (Wildman–Crippen MR) is 70.9 cm³/mol. The normalized spacial score (nSPS) is 16.8. The third kappa shape index (κ3) is 3.40. The number of carbonyl (C=O) groups is 2. The molecule has 2 N–H and O–H groups in total. The molecule has 1 aromatic rings. The van der Waals surface area contributed by atoms with Gasteiger partial charge in [-0.2, -0.15) is 0 Å². The number of benzene rings is 1. The number of carboxylic acid groups (broad SMARTS) is 1. The minimum absolute atomic E-state index is 0.0796. The highest BCUT2D eigenvalue weighted by atomic mass is 16.5. The van der Waals surface area contributed by atoms with Crippen molar-refractivity contribution < 1.29 is 24.2 Å². The van der Waals surface area contributed by atoms with Crippen LogP contribution in [0.15, 0.2) is 18.2 Å². The van der Waals surface area contributed by atoms with Gasteiger partial charge in [-0.3, -0.25) is 9.59 Å². The van der Waals surface area contributed by atoms with Crippen LogP contribution in [0.1, 0.15) is 12.0 Å². The van der Waals surface area contributed by atoms with Gasteiger partial charge in [0.1, 0.15) is 18.1 Å². The third-order valence-electron chi connectivity index (χ3n) is 3.18. The number of aliphatic carboxylic acids is 1. The van der Waals surface area contributed by atoms with Gasteiger partial charge in [-0.15, -0.1) is 0 Å². The van der Waals surface area contributed by atoms with Gasteiger partial charge >= 0.3 is 5.97 Å².